The van der Waals surface area contributed by atoms with Crippen LogP contribution in [0, 0.1) is 6.92 Å². The lowest BCUT2D eigenvalue weighted by molar-refractivity contribution is 0.868. The predicted octanol–water partition coefficient (Wildman–Crippen LogP) is 3.10. The van der Waals surface area contributed by atoms with E-state index in [-0.39, 0.29) is 0 Å². The summed E-state index contributed by atoms with van der Waals surface area (Å²) in [5.41, 5.74) is 10.9. The molecule has 2 rings (SSSR count). The van der Waals surface area contributed by atoms with Crippen LogP contribution in [0.3, 0.4) is 0 Å². The third-order valence-electron chi connectivity index (χ3n) is 3.25. The number of hydrogen-bond acceptors (Lipinski definition) is 1. The molecular weight excluding hydrogens is 196 g/mol. The monoisotopic (exact) mass is 216 g/mol. The molecule has 1 heterocycles. The van der Waals surface area contributed by atoms with Crippen LogP contribution in [0.25, 0.3) is 10.9 Å². The Morgan fingerprint density at radius 3 is 2.69 bits per heavy atom. The summed E-state index contributed by atoms with van der Waals surface area (Å²) in [5.74, 6) is 0.580. The molecule has 0 amide bonds. The van der Waals surface area contributed by atoms with E-state index < -0.39 is 0 Å². The zero-order chi connectivity index (χ0) is 11.7. The van der Waals surface area contributed by atoms with Crippen molar-refractivity contribution in [3.05, 3.63) is 35.0 Å². The molecule has 0 radical (unpaired) electrons. The number of aryl methyl sites for hydroxylation is 1. The summed E-state index contributed by atoms with van der Waals surface area (Å²) in [5, 5.41) is 1.34. The van der Waals surface area contributed by atoms with Crippen LogP contribution in [-0.4, -0.2) is 11.5 Å². The van der Waals surface area contributed by atoms with Gasteiger partial charge < -0.3 is 10.7 Å². The van der Waals surface area contributed by atoms with Crippen molar-refractivity contribution in [2.75, 3.05) is 6.54 Å². The van der Waals surface area contributed by atoms with E-state index in [0.717, 1.165) is 6.42 Å². The SMILES string of the molecule is Cc1c(CCN)[nH]c2ccc(C(C)C)cc12. The highest BCUT2D eigenvalue weighted by atomic mass is 14.7. The van der Waals surface area contributed by atoms with Gasteiger partial charge in [0, 0.05) is 23.0 Å². The van der Waals surface area contributed by atoms with Crippen LogP contribution < -0.4 is 5.73 Å². The van der Waals surface area contributed by atoms with Gasteiger partial charge in [0.05, 0.1) is 0 Å². The first-order valence-electron chi connectivity index (χ1n) is 5.94. The fraction of sp³-hybridized carbons (Fsp3) is 0.429. The molecule has 0 aliphatic rings. The fourth-order valence-electron chi connectivity index (χ4n) is 2.15. The number of benzene rings is 1. The Labute approximate surface area is 96.9 Å². The Kier molecular flexibility index (Phi) is 3.01. The van der Waals surface area contributed by atoms with Crippen LogP contribution in [0.2, 0.25) is 0 Å². The molecule has 1 aromatic carbocycles. The summed E-state index contributed by atoms with van der Waals surface area (Å²) in [4.78, 5) is 3.45. The van der Waals surface area contributed by atoms with Crippen molar-refractivity contribution >= 4 is 10.9 Å². The topological polar surface area (TPSA) is 41.8 Å². The molecule has 2 aromatic rings. The Morgan fingerprint density at radius 2 is 2.06 bits per heavy atom. The summed E-state index contributed by atoms with van der Waals surface area (Å²) < 4.78 is 0. The maximum absolute atomic E-state index is 5.61. The minimum atomic E-state index is 0.580. The third kappa shape index (κ3) is 1.85. The van der Waals surface area contributed by atoms with E-state index in [1.54, 1.807) is 0 Å². The lowest BCUT2D eigenvalue weighted by Crippen LogP contribution is -2.03. The van der Waals surface area contributed by atoms with Gasteiger partial charge >= 0.3 is 0 Å². The van der Waals surface area contributed by atoms with E-state index in [4.69, 9.17) is 5.73 Å². The van der Waals surface area contributed by atoms with Gasteiger partial charge in [-0.15, -0.1) is 0 Å². The molecule has 0 bridgehead atoms. The van der Waals surface area contributed by atoms with Crippen molar-refractivity contribution < 1.29 is 0 Å². The average Bonchev–Trinajstić information content (AvgIpc) is 2.56. The molecule has 2 nitrogen and oxygen atoms in total. The molecule has 0 fully saturated rings. The molecule has 86 valence electrons. The van der Waals surface area contributed by atoms with Gasteiger partial charge in [-0.1, -0.05) is 19.9 Å². The van der Waals surface area contributed by atoms with Crippen molar-refractivity contribution in [3.63, 3.8) is 0 Å². The largest absolute Gasteiger partial charge is 0.358 e. The third-order valence-corrected chi connectivity index (χ3v) is 3.25. The number of aromatic nitrogens is 1. The van der Waals surface area contributed by atoms with Crippen molar-refractivity contribution in [1.82, 2.24) is 4.98 Å². The second-order valence-corrected chi connectivity index (χ2v) is 4.73. The number of nitrogens with two attached hydrogens (primary N) is 1. The van der Waals surface area contributed by atoms with Gasteiger partial charge in [0.25, 0.3) is 0 Å². The van der Waals surface area contributed by atoms with Gasteiger partial charge in [0.15, 0.2) is 0 Å². The van der Waals surface area contributed by atoms with E-state index in [2.05, 4.69) is 44.0 Å². The molecule has 0 unspecified atom stereocenters. The standard InChI is InChI=1S/C14H20N2/c1-9(2)11-4-5-14-12(8-11)10(3)13(16-14)6-7-15/h4-5,8-9,16H,6-7,15H2,1-3H3. The minimum absolute atomic E-state index is 0.580. The summed E-state index contributed by atoms with van der Waals surface area (Å²) in [6, 6.07) is 6.68. The molecule has 16 heavy (non-hydrogen) atoms. The maximum Gasteiger partial charge on any atom is 0.0459 e. The lowest BCUT2D eigenvalue weighted by Gasteiger charge is -2.04. The first-order chi connectivity index (χ1) is 7.63. The van der Waals surface area contributed by atoms with Crippen molar-refractivity contribution in [1.29, 1.82) is 0 Å². The highest BCUT2D eigenvalue weighted by Gasteiger charge is 2.08. The summed E-state index contributed by atoms with van der Waals surface area (Å²) >= 11 is 0. The molecule has 1 aromatic heterocycles. The lowest BCUT2D eigenvalue weighted by atomic mass is 10.0. The molecule has 3 N–H and O–H groups in total. The quantitative estimate of drug-likeness (QED) is 0.813. The zero-order valence-corrected chi connectivity index (χ0v) is 10.3. The van der Waals surface area contributed by atoms with Crippen LogP contribution in [0.15, 0.2) is 18.2 Å². The first kappa shape index (κ1) is 11.2. The normalized spacial score (nSPS) is 11.6. The summed E-state index contributed by atoms with van der Waals surface area (Å²) in [6.07, 6.45) is 0.928. The predicted molar refractivity (Wildman–Crippen MR) is 69.9 cm³/mol. The van der Waals surface area contributed by atoms with Gasteiger partial charge in [0.1, 0.15) is 0 Å². The van der Waals surface area contributed by atoms with Gasteiger partial charge in [-0.2, -0.15) is 0 Å². The highest BCUT2D eigenvalue weighted by Crippen LogP contribution is 2.26. The number of H-pyrrole nitrogens is 1. The van der Waals surface area contributed by atoms with Crippen LogP contribution in [0.4, 0.5) is 0 Å². The molecule has 0 spiro atoms. The van der Waals surface area contributed by atoms with E-state index in [9.17, 15) is 0 Å². The van der Waals surface area contributed by atoms with Gasteiger partial charge in [-0.05, 0) is 42.6 Å². The second kappa shape index (κ2) is 4.30. The Morgan fingerprint density at radius 1 is 1.31 bits per heavy atom. The zero-order valence-electron chi connectivity index (χ0n) is 10.3. The average molecular weight is 216 g/mol. The Balaban J connectivity index is 2.55. The second-order valence-electron chi connectivity index (χ2n) is 4.73. The van der Waals surface area contributed by atoms with E-state index in [1.807, 2.05) is 0 Å². The number of hydrogen-bond donors (Lipinski definition) is 2. The number of aromatic amines is 1. The van der Waals surface area contributed by atoms with Crippen molar-refractivity contribution in [2.24, 2.45) is 5.73 Å². The summed E-state index contributed by atoms with van der Waals surface area (Å²) in [6.45, 7) is 7.33. The highest BCUT2D eigenvalue weighted by molar-refractivity contribution is 5.85. The van der Waals surface area contributed by atoms with Crippen LogP contribution >= 0.6 is 0 Å². The molecule has 2 heteroatoms. The van der Waals surface area contributed by atoms with Crippen LogP contribution in [0.1, 0.15) is 36.6 Å². The summed E-state index contributed by atoms with van der Waals surface area (Å²) in [7, 11) is 0. The molecule has 0 aliphatic carbocycles. The van der Waals surface area contributed by atoms with Crippen LogP contribution in [0.5, 0.6) is 0 Å². The number of fused-ring (bicyclic) bond motifs is 1. The van der Waals surface area contributed by atoms with Gasteiger partial charge in [-0.25, -0.2) is 0 Å². The fourth-order valence-corrected chi connectivity index (χ4v) is 2.15. The smallest absolute Gasteiger partial charge is 0.0459 e. The van der Waals surface area contributed by atoms with Gasteiger partial charge in [0.2, 0.25) is 0 Å². The van der Waals surface area contributed by atoms with Gasteiger partial charge in [-0.3, -0.25) is 0 Å². The molecule has 0 saturated carbocycles. The molecule has 0 aliphatic heterocycles. The maximum atomic E-state index is 5.61. The Hall–Kier alpha value is -1.28. The van der Waals surface area contributed by atoms with Crippen LogP contribution in [-0.2, 0) is 6.42 Å². The Bertz CT molecular complexity index is 495. The van der Waals surface area contributed by atoms with E-state index in [0.29, 0.717) is 12.5 Å². The first-order valence-corrected chi connectivity index (χ1v) is 5.94. The molecule has 0 atom stereocenters. The molecular formula is C14H20N2. The minimum Gasteiger partial charge on any atom is -0.358 e. The van der Waals surface area contributed by atoms with Crippen molar-refractivity contribution in [2.45, 2.75) is 33.1 Å². The number of nitrogens with one attached hydrogen (secondary N) is 1. The van der Waals surface area contributed by atoms with E-state index >= 15 is 0 Å². The molecule has 0 saturated heterocycles. The van der Waals surface area contributed by atoms with Crippen molar-refractivity contribution in [3.8, 4) is 0 Å². The number of rotatable bonds is 3. The van der Waals surface area contributed by atoms with E-state index in [1.165, 1.54) is 27.7 Å².